The zero-order valence-corrected chi connectivity index (χ0v) is 16.9. The second kappa shape index (κ2) is 6.96. The van der Waals surface area contributed by atoms with Crippen molar-refractivity contribution in [2.75, 3.05) is 13.6 Å². The van der Waals surface area contributed by atoms with Crippen LogP contribution >= 0.6 is 0 Å². The molecule has 3 heterocycles. The number of aryl methyl sites for hydroxylation is 1. The van der Waals surface area contributed by atoms with Gasteiger partial charge in [-0.05, 0) is 25.8 Å². The first-order valence-electron chi connectivity index (χ1n) is 9.88. The number of urea groups is 1. The number of allylic oxidation sites excluding steroid dienone is 1. The van der Waals surface area contributed by atoms with Gasteiger partial charge in [0.2, 0.25) is 5.96 Å². The number of carbonyl (C=O) groups excluding carboxylic acids is 2. The van der Waals surface area contributed by atoms with E-state index in [1.807, 2.05) is 49.2 Å². The molecular weight excluding hydrogens is 354 g/mol. The van der Waals surface area contributed by atoms with Gasteiger partial charge in [-0.25, -0.2) is 9.79 Å². The van der Waals surface area contributed by atoms with Gasteiger partial charge in [0.15, 0.2) is 12.2 Å². The maximum Gasteiger partial charge on any atom is 0.328 e. The Labute approximate surface area is 165 Å². The molecule has 7 heteroatoms. The SMILES string of the molecule is CCCCN1C(C)=CN2C1=NC1C2C(=O)N(Cc2cccc(C)c2)C(=O)N1C. The Morgan fingerprint density at radius 3 is 2.64 bits per heavy atom. The minimum atomic E-state index is -0.496. The standard InChI is InChI=1S/C21H27N5O2/c1-5-6-10-24-15(3)12-25-17-18(22-20(24)25)23(4)21(28)26(19(17)27)13-16-9-7-8-14(2)11-16/h7-9,11-12,17-18H,5-6,10,13H2,1-4H3. The molecule has 0 aromatic heterocycles. The van der Waals surface area contributed by atoms with Gasteiger partial charge in [-0.15, -0.1) is 0 Å². The maximum atomic E-state index is 13.3. The van der Waals surface area contributed by atoms with Crippen LogP contribution in [-0.4, -0.2) is 63.3 Å². The first-order chi connectivity index (χ1) is 13.4. The Hall–Kier alpha value is -2.83. The Kier molecular flexibility index (Phi) is 4.61. The summed E-state index contributed by atoms with van der Waals surface area (Å²) in [6.45, 7) is 7.34. The number of fused-ring (bicyclic) bond motifs is 3. The van der Waals surface area contributed by atoms with Crippen LogP contribution in [0.2, 0.25) is 0 Å². The fourth-order valence-electron chi connectivity index (χ4n) is 4.13. The maximum absolute atomic E-state index is 13.3. The summed E-state index contributed by atoms with van der Waals surface area (Å²) in [6.07, 6.45) is 3.66. The summed E-state index contributed by atoms with van der Waals surface area (Å²) in [5.41, 5.74) is 3.14. The highest BCUT2D eigenvalue weighted by atomic mass is 16.2. The van der Waals surface area contributed by atoms with Crippen molar-refractivity contribution in [3.05, 3.63) is 47.3 Å². The monoisotopic (exact) mass is 381 g/mol. The molecule has 0 spiro atoms. The van der Waals surface area contributed by atoms with Gasteiger partial charge < -0.3 is 14.7 Å². The molecule has 2 unspecified atom stereocenters. The number of rotatable bonds is 5. The van der Waals surface area contributed by atoms with Crippen LogP contribution in [0.3, 0.4) is 0 Å². The predicted molar refractivity (Wildman–Crippen MR) is 107 cm³/mol. The highest BCUT2D eigenvalue weighted by Crippen LogP contribution is 2.34. The van der Waals surface area contributed by atoms with E-state index >= 15 is 0 Å². The van der Waals surface area contributed by atoms with E-state index in [2.05, 4.69) is 11.8 Å². The summed E-state index contributed by atoms with van der Waals surface area (Å²) in [6, 6.07) is 7.12. The van der Waals surface area contributed by atoms with E-state index in [0.29, 0.717) is 0 Å². The minimum Gasteiger partial charge on any atom is -0.315 e. The fraction of sp³-hybridized carbons (Fsp3) is 0.476. The number of unbranched alkanes of at least 4 members (excludes halogenated alkanes) is 1. The third-order valence-electron chi connectivity index (χ3n) is 5.66. The Morgan fingerprint density at radius 2 is 1.93 bits per heavy atom. The van der Waals surface area contributed by atoms with Crippen molar-refractivity contribution in [2.24, 2.45) is 4.99 Å². The molecule has 1 aromatic carbocycles. The van der Waals surface area contributed by atoms with Gasteiger partial charge in [-0.2, -0.15) is 0 Å². The van der Waals surface area contributed by atoms with Crippen LogP contribution in [0.15, 0.2) is 41.2 Å². The zero-order chi connectivity index (χ0) is 20.0. The molecule has 1 aromatic rings. The number of aliphatic imine (C=N–C) groups is 1. The molecule has 148 valence electrons. The van der Waals surface area contributed by atoms with Crippen LogP contribution in [0.25, 0.3) is 0 Å². The minimum absolute atomic E-state index is 0.185. The number of carbonyl (C=O) groups is 2. The molecule has 4 rings (SSSR count). The molecule has 2 atom stereocenters. The lowest BCUT2D eigenvalue weighted by molar-refractivity contribution is -0.137. The molecular formula is C21H27N5O2. The number of hydrogen-bond acceptors (Lipinski definition) is 5. The summed E-state index contributed by atoms with van der Waals surface area (Å²) in [4.78, 5) is 38.1. The van der Waals surface area contributed by atoms with E-state index in [1.165, 1.54) is 4.90 Å². The average molecular weight is 381 g/mol. The molecule has 0 bridgehead atoms. The normalized spacial score (nSPS) is 23.9. The number of likely N-dealkylation sites (N-methyl/N-ethyl adjacent to an activating group) is 1. The van der Waals surface area contributed by atoms with E-state index in [4.69, 9.17) is 4.99 Å². The lowest BCUT2D eigenvalue weighted by Gasteiger charge is -2.40. The molecule has 1 saturated heterocycles. The van der Waals surface area contributed by atoms with E-state index < -0.39 is 12.2 Å². The molecule has 0 saturated carbocycles. The second-order valence-electron chi connectivity index (χ2n) is 7.78. The Bertz CT molecular complexity index is 877. The smallest absolute Gasteiger partial charge is 0.315 e. The molecule has 7 nitrogen and oxygen atoms in total. The molecule has 0 N–H and O–H groups in total. The van der Waals surface area contributed by atoms with Crippen molar-refractivity contribution in [2.45, 2.75) is 52.4 Å². The Balaban J connectivity index is 1.61. The summed E-state index contributed by atoms with van der Waals surface area (Å²) >= 11 is 0. The van der Waals surface area contributed by atoms with Crippen molar-refractivity contribution >= 4 is 17.9 Å². The van der Waals surface area contributed by atoms with Crippen molar-refractivity contribution < 1.29 is 9.59 Å². The fourth-order valence-corrected chi connectivity index (χ4v) is 4.13. The molecule has 0 radical (unpaired) electrons. The first-order valence-corrected chi connectivity index (χ1v) is 9.88. The molecule has 3 aliphatic heterocycles. The van der Waals surface area contributed by atoms with Crippen LogP contribution in [-0.2, 0) is 11.3 Å². The van der Waals surface area contributed by atoms with Gasteiger partial charge in [0.05, 0.1) is 6.54 Å². The lowest BCUT2D eigenvalue weighted by atomic mass is 10.1. The number of benzene rings is 1. The van der Waals surface area contributed by atoms with Crippen LogP contribution < -0.4 is 0 Å². The number of amides is 3. The molecule has 1 fully saturated rings. The van der Waals surface area contributed by atoms with E-state index in [9.17, 15) is 9.59 Å². The summed E-state index contributed by atoms with van der Waals surface area (Å²) in [5.74, 6) is 0.598. The third-order valence-corrected chi connectivity index (χ3v) is 5.66. The number of nitrogens with zero attached hydrogens (tertiary/aromatic N) is 5. The topological polar surface area (TPSA) is 59.5 Å². The van der Waals surface area contributed by atoms with Gasteiger partial charge in [0, 0.05) is 25.5 Å². The molecule has 0 aliphatic carbocycles. The van der Waals surface area contributed by atoms with E-state index in [0.717, 1.165) is 42.2 Å². The average Bonchev–Trinajstić information content (AvgIpc) is 3.17. The van der Waals surface area contributed by atoms with Crippen LogP contribution in [0.4, 0.5) is 4.79 Å². The van der Waals surface area contributed by atoms with Gasteiger partial charge >= 0.3 is 6.03 Å². The van der Waals surface area contributed by atoms with Crippen molar-refractivity contribution in [1.29, 1.82) is 0 Å². The van der Waals surface area contributed by atoms with Crippen molar-refractivity contribution in [1.82, 2.24) is 19.6 Å². The van der Waals surface area contributed by atoms with Crippen LogP contribution in [0.5, 0.6) is 0 Å². The van der Waals surface area contributed by atoms with Gasteiger partial charge in [0.1, 0.15) is 0 Å². The highest BCUT2D eigenvalue weighted by Gasteiger charge is 2.54. The van der Waals surface area contributed by atoms with Crippen LogP contribution in [0.1, 0.15) is 37.8 Å². The van der Waals surface area contributed by atoms with Crippen molar-refractivity contribution in [3.8, 4) is 0 Å². The van der Waals surface area contributed by atoms with Crippen LogP contribution in [0, 0.1) is 6.92 Å². The Morgan fingerprint density at radius 1 is 1.14 bits per heavy atom. The molecule has 3 amide bonds. The summed E-state index contributed by atoms with van der Waals surface area (Å²) in [5, 5.41) is 0. The third kappa shape index (κ3) is 2.85. The summed E-state index contributed by atoms with van der Waals surface area (Å²) in [7, 11) is 1.73. The quantitative estimate of drug-likeness (QED) is 0.787. The predicted octanol–water partition coefficient (Wildman–Crippen LogP) is 2.73. The van der Waals surface area contributed by atoms with Gasteiger partial charge in [-0.1, -0.05) is 43.2 Å². The number of hydrogen-bond donors (Lipinski definition) is 0. The largest absolute Gasteiger partial charge is 0.328 e. The first kappa shape index (κ1) is 18.5. The lowest BCUT2D eigenvalue weighted by Crippen LogP contribution is -2.63. The van der Waals surface area contributed by atoms with Crippen molar-refractivity contribution in [3.63, 3.8) is 0 Å². The number of guanidine groups is 1. The zero-order valence-electron chi connectivity index (χ0n) is 16.9. The second-order valence-corrected chi connectivity index (χ2v) is 7.78. The molecule has 28 heavy (non-hydrogen) atoms. The van der Waals surface area contributed by atoms with Gasteiger partial charge in [0.25, 0.3) is 5.91 Å². The summed E-state index contributed by atoms with van der Waals surface area (Å²) < 4.78 is 0. The van der Waals surface area contributed by atoms with E-state index in [1.54, 1.807) is 11.9 Å². The highest BCUT2D eigenvalue weighted by molar-refractivity contribution is 6.04. The van der Waals surface area contributed by atoms with E-state index in [-0.39, 0.29) is 18.5 Å². The molecule has 3 aliphatic rings. The number of imide groups is 1. The van der Waals surface area contributed by atoms with Gasteiger partial charge in [-0.3, -0.25) is 9.69 Å².